The van der Waals surface area contributed by atoms with Crippen molar-refractivity contribution in [2.24, 2.45) is 5.92 Å². The van der Waals surface area contributed by atoms with E-state index < -0.39 is 23.9 Å². The number of nitrogens with zero attached hydrogens (tertiary/aromatic N) is 3. The lowest BCUT2D eigenvalue weighted by Gasteiger charge is -2.27. The fourth-order valence-corrected chi connectivity index (χ4v) is 3.02. The molecule has 1 fully saturated rings. The second-order valence-electron chi connectivity index (χ2n) is 6.90. The van der Waals surface area contributed by atoms with Crippen molar-refractivity contribution in [3.8, 4) is 0 Å². The molecule has 0 aromatic carbocycles. The molecule has 0 aliphatic carbocycles. The molecule has 0 bridgehead atoms. The number of fused-ring (bicyclic) bond motifs is 1. The summed E-state index contributed by atoms with van der Waals surface area (Å²) in [6, 6.07) is 3.42. The van der Waals surface area contributed by atoms with E-state index in [4.69, 9.17) is 15.2 Å². The molecule has 142 valence electrons. The average molecular weight is 364 g/mol. The zero-order valence-electron chi connectivity index (χ0n) is 15.0. The third-order valence-electron chi connectivity index (χ3n) is 4.97. The molecule has 2 aromatic heterocycles. The van der Waals surface area contributed by atoms with Gasteiger partial charge in [0.2, 0.25) is 0 Å². The second kappa shape index (κ2) is 6.82. The highest BCUT2D eigenvalue weighted by atomic mass is 16.6. The molecular formula is C17H24N4O5. The van der Waals surface area contributed by atoms with E-state index in [1.807, 2.05) is 6.92 Å². The number of aliphatic hydroxyl groups is 2. The summed E-state index contributed by atoms with van der Waals surface area (Å²) in [5.41, 5.74) is 5.68. The number of aromatic nitrogens is 3. The van der Waals surface area contributed by atoms with Crippen molar-refractivity contribution in [1.29, 1.82) is 0 Å². The van der Waals surface area contributed by atoms with Crippen LogP contribution in [-0.2, 0) is 14.3 Å². The molecule has 2 aromatic rings. The first kappa shape index (κ1) is 18.6. The standard InChI is InChI=1S/C17H24N4O5/c1-4-9(2)16(24)25-7-17(3)14(23)12(22)13(26-17)10-5-6-11-15(18)19-8-20-21(10)11/h5-6,8-9,12-14,22-23H,4,7H2,1-3H3,(H2,18,19,20)/t9-,12+,13+,14+,17-/m1/s1. The molecule has 26 heavy (non-hydrogen) atoms. The molecule has 4 N–H and O–H groups in total. The molecule has 1 aliphatic heterocycles. The Balaban J connectivity index is 1.82. The minimum atomic E-state index is -1.24. The van der Waals surface area contributed by atoms with Crippen LogP contribution in [0.3, 0.4) is 0 Å². The van der Waals surface area contributed by atoms with Gasteiger partial charge in [-0.2, -0.15) is 5.10 Å². The maximum absolute atomic E-state index is 11.9. The van der Waals surface area contributed by atoms with Crippen molar-refractivity contribution < 1.29 is 24.5 Å². The smallest absolute Gasteiger partial charge is 0.308 e. The summed E-state index contributed by atoms with van der Waals surface area (Å²) >= 11 is 0. The SMILES string of the molecule is CC[C@@H](C)C(=O)OC[C@@]1(C)O[C@@H](c2ccc3c(N)ncnn23)[C@H](O)[C@@H]1O. The van der Waals surface area contributed by atoms with Crippen LogP contribution in [-0.4, -0.2) is 55.2 Å². The quantitative estimate of drug-likeness (QED) is 0.652. The van der Waals surface area contributed by atoms with Crippen LogP contribution < -0.4 is 5.73 Å². The topological polar surface area (TPSA) is 132 Å². The lowest BCUT2D eigenvalue weighted by Crippen LogP contribution is -2.45. The van der Waals surface area contributed by atoms with Gasteiger partial charge in [-0.25, -0.2) is 9.50 Å². The summed E-state index contributed by atoms with van der Waals surface area (Å²) in [6.07, 6.45) is -1.34. The van der Waals surface area contributed by atoms with Crippen molar-refractivity contribution in [1.82, 2.24) is 14.6 Å². The van der Waals surface area contributed by atoms with E-state index in [0.717, 1.165) is 0 Å². The molecule has 9 nitrogen and oxygen atoms in total. The highest BCUT2D eigenvalue weighted by Gasteiger charge is 2.53. The van der Waals surface area contributed by atoms with Gasteiger partial charge in [0.25, 0.3) is 0 Å². The molecule has 1 saturated heterocycles. The molecule has 1 aliphatic rings. The lowest BCUT2D eigenvalue weighted by atomic mass is 9.96. The Kier molecular flexibility index (Phi) is 4.87. The van der Waals surface area contributed by atoms with Crippen molar-refractivity contribution in [2.75, 3.05) is 12.3 Å². The highest BCUT2D eigenvalue weighted by molar-refractivity contribution is 5.72. The first-order valence-electron chi connectivity index (χ1n) is 8.57. The summed E-state index contributed by atoms with van der Waals surface area (Å²) in [5.74, 6) is -0.312. The maximum atomic E-state index is 11.9. The zero-order valence-corrected chi connectivity index (χ0v) is 15.0. The summed E-state index contributed by atoms with van der Waals surface area (Å²) < 4.78 is 12.7. The molecular weight excluding hydrogens is 340 g/mol. The largest absolute Gasteiger partial charge is 0.462 e. The molecule has 3 heterocycles. The Morgan fingerprint density at radius 2 is 2.23 bits per heavy atom. The van der Waals surface area contributed by atoms with Gasteiger partial charge in [0.15, 0.2) is 5.82 Å². The Labute approximate surface area is 150 Å². The summed E-state index contributed by atoms with van der Waals surface area (Å²) in [7, 11) is 0. The number of esters is 1. The van der Waals surface area contributed by atoms with Crippen LogP contribution in [0.1, 0.15) is 39.0 Å². The first-order chi connectivity index (χ1) is 12.3. The van der Waals surface area contributed by atoms with E-state index in [1.165, 1.54) is 10.8 Å². The monoisotopic (exact) mass is 364 g/mol. The van der Waals surface area contributed by atoms with Gasteiger partial charge >= 0.3 is 5.97 Å². The highest BCUT2D eigenvalue weighted by Crippen LogP contribution is 2.40. The lowest BCUT2D eigenvalue weighted by molar-refractivity contribution is -0.163. The summed E-state index contributed by atoms with van der Waals surface area (Å²) in [6.45, 7) is 5.10. The first-order valence-corrected chi connectivity index (χ1v) is 8.57. The summed E-state index contributed by atoms with van der Waals surface area (Å²) in [5, 5.41) is 25.1. The Morgan fingerprint density at radius 3 is 2.92 bits per heavy atom. The van der Waals surface area contributed by atoms with Gasteiger partial charge < -0.3 is 25.4 Å². The average Bonchev–Trinajstić information content (AvgIpc) is 3.15. The maximum Gasteiger partial charge on any atom is 0.308 e. The molecule has 0 amide bonds. The third kappa shape index (κ3) is 3.02. The van der Waals surface area contributed by atoms with Gasteiger partial charge in [-0.3, -0.25) is 4.79 Å². The number of carbonyl (C=O) groups excluding carboxylic acids is 1. The number of hydrogen-bond acceptors (Lipinski definition) is 8. The van der Waals surface area contributed by atoms with Crippen LogP contribution in [0.15, 0.2) is 18.5 Å². The van der Waals surface area contributed by atoms with Gasteiger partial charge in [0.1, 0.15) is 42.4 Å². The molecule has 3 rings (SSSR count). The number of ether oxygens (including phenoxy) is 2. The Morgan fingerprint density at radius 1 is 1.50 bits per heavy atom. The van der Waals surface area contributed by atoms with Gasteiger partial charge in [0.05, 0.1) is 11.6 Å². The van der Waals surface area contributed by atoms with Crippen LogP contribution in [0.25, 0.3) is 5.52 Å². The van der Waals surface area contributed by atoms with E-state index in [1.54, 1.807) is 26.0 Å². The normalized spacial score (nSPS) is 29.8. The number of nitrogens with two attached hydrogens (primary N) is 1. The van der Waals surface area contributed by atoms with Crippen LogP contribution >= 0.6 is 0 Å². The van der Waals surface area contributed by atoms with Crippen LogP contribution in [0.5, 0.6) is 0 Å². The van der Waals surface area contributed by atoms with E-state index in [0.29, 0.717) is 23.4 Å². The van der Waals surface area contributed by atoms with Crippen molar-refractivity contribution >= 4 is 17.3 Å². The van der Waals surface area contributed by atoms with Gasteiger partial charge in [0, 0.05) is 0 Å². The van der Waals surface area contributed by atoms with E-state index in [2.05, 4.69) is 10.1 Å². The van der Waals surface area contributed by atoms with Gasteiger partial charge in [-0.05, 0) is 25.5 Å². The zero-order chi connectivity index (χ0) is 19.1. The van der Waals surface area contributed by atoms with E-state index in [-0.39, 0.29) is 18.5 Å². The Bertz CT molecular complexity index is 810. The minimum Gasteiger partial charge on any atom is -0.462 e. The Hall–Kier alpha value is -2.23. The van der Waals surface area contributed by atoms with Gasteiger partial charge in [-0.15, -0.1) is 0 Å². The molecule has 0 radical (unpaired) electrons. The van der Waals surface area contributed by atoms with E-state index >= 15 is 0 Å². The van der Waals surface area contributed by atoms with Crippen LogP contribution in [0.2, 0.25) is 0 Å². The molecule has 0 spiro atoms. The van der Waals surface area contributed by atoms with Crippen LogP contribution in [0, 0.1) is 5.92 Å². The number of anilines is 1. The third-order valence-corrected chi connectivity index (χ3v) is 4.97. The fourth-order valence-electron chi connectivity index (χ4n) is 3.02. The van der Waals surface area contributed by atoms with Crippen molar-refractivity contribution in [3.05, 3.63) is 24.2 Å². The molecule has 9 heteroatoms. The predicted octanol–water partition coefficient (Wildman–Crippen LogP) is 0.453. The molecule has 0 saturated carbocycles. The number of hydrogen-bond donors (Lipinski definition) is 3. The molecule has 0 unspecified atom stereocenters. The van der Waals surface area contributed by atoms with Gasteiger partial charge in [-0.1, -0.05) is 13.8 Å². The number of carbonyl (C=O) groups is 1. The number of nitrogen functional groups attached to an aromatic ring is 1. The fraction of sp³-hybridized carbons (Fsp3) is 0.588. The van der Waals surface area contributed by atoms with E-state index in [9.17, 15) is 15.0 Å². The summed E-state index contributed by atoms with van der Waals surface area (Å²) in [4.78, 5) is 15.8. The van der Waals surface area contributed by atoms with Crippen molar-refractivity contribution in [2.45, 2.75) is 51.1 Å². The van der Waals surface area contributed by atoms with Crippen LogP contribution in [0.4, 0.5) is 5.82 Å². The predicted molar refractivity (Wildman–Crippen MR) is 92.1 cm³/mol. The second-order valence-corrected chi connectivity index (χ2v) is 6.90. The molecule has 5 atom stereocenters. The number of aliphatic hydroxyl groups excluding tert-OH is 2. The minimum absolute atomic E-state index is 0.161. The number of rotatable bonds is 5. The van der Waals surface area contributed by atoms with Crippen molar-refractivity contribution in [3.63, 3.8) is 0 Å².